The van der Waals surface area contributed by atoms with E-state index < -0.39 is 57.9 Å². The fraction of sp³-hybridized carbons (Fsp3) is 0.382. The first kappa shape index (κ1) is 78.7. The molecule has 6 aromatic rings. The third kappa shape index (κ3) is 23.1. The van der Waals surface area contributed by atoms with Gasteiger partial charge in [0.05, 0.1) is 97.2 Å². The van der Waals surface area contributed by atoms with Gasteiger partial charge in [-0.05, 0) is 168 Å². The Labute approximate surface area is 552 Å². The van der Waals surface area contributed by atoms with Crippen molar-refractivity contribution in [2.75, 3.05) is 85.3 Å². The van der Waals surface area contributed by atoms with Crippen molar-refractivity contribution in [3.05, 3.63) is 143 Å². The van der Waals surface area contributed by atoms with Crippen LogP contribution in [0, 0.1) is 35.5 Å². The van der Waals surface area contributed by atoms with E-state index in [4.69, 9.17) is 80.0 Å². The van der Waals surface area contributed by atoms with E-state index in [-0.39, 0.29) is 42.7 Å². The molecule has 496 valence electrons. The van der Waals surface area contributed by atoms with Crippen LogP contribution in [0.15, 0.2) is 109 Å². The predicted molar refractivity (Wildman–Crippen MR) is 351 cm³/mol. The van der Waals surface area contributed by atoms with Gasteiger partial charge in [-0.1, -0.05) is 50.2 Å². The van der Waals surface area contributed by atoms with Gasteiger partial charge in [-0.2, -0.15) is 0 Å². The second-order valence-electron chi connectivity index (χ2n) is 19.7. The largest absolute Gasteiger partial charge is 0.493 e. The number of carbonyl (C=O) groups excluding carboxylic acids is 4. The number of hydrogen-bond donors (Lipinski definition) is 2. The zero-order chi connectivity index (χ0) is 67.0. The summed E-state index contributed by atoms with van der Waals surface area (Å²) in [6.45, 7) is 4.00. The maximum absolute atomic E-state index is 12.2. The second kappa shape index (κ2) is 41.1. The van der Waals surface area contributed by atoms with E-state index in [0.717, 1.165) is 34.8 Å². The minimum atomic E-state index is -1.18. The number of carboxylic acids is 2. The summed E-state index contributed by atoms with van der Waals surface area (Å²) in [4.78, 5) is 71.9. The van der Waals surface area contributed by atoms with Crippen LogP contribution in [-0.2, 0) is 67.3 Å². The van der Waals surface area contributed by atoms with Gasteiger partial charge >= 0.3 is 11.9 Å². The van der Waals surface area contributed by atoms with Crippen LogP contribution in [0.5, 0.6) is 69.0 Å². The molecule has 0 aromatic heterocycles. The Morgan fingerprint density at radius 2 is 0.484 bits per heavy atom. The van der Waals surface area contributed by atoms with Crippen molar-refractivity contribution >= 4 is 75.2 Å². The van der Waals surface area contributed by atoms with Gasteiger partial charge in [0.25, 0.3) is 0 Å². The highest BCUT2D eigenvalue weighted by atomic mass is 79.9. The Hall–Kier alpha value is -8.40. The molecule has 0 aliphatic carbocycles. The summed E-state index contributed by atoms with van der Waals surface area (Å²) in [5.41, 5.74) is 4.60. The zero-order valence-corrected chi connectivity index (χ0v) is 56.9. The molecule has 0 radical (unpaired) electrons. The summed E-state index contributed by atoms with van der Waals surface area (Å²) in [5, 5.41) is 18.3. The van der Waals surface area contributed by atoms with Crippen LogP contribution in [0.3, 0.4) is 0 Å². The predicted octanol–water partition coefficient (Wildman–Crippen LogP) is 11.9. The van der Waals surface area contributed by atoms with E-state index in [2.05, 4.69) is 0 Å². The van der Waals surface area contributed by atoms with Gasteiger partial charge in [0.2, 0.25) is 10.5 Å². The van der Waals surface area contributed by atoms with E-state index >= 15 is 0 Å². The molecule has 0 spiro atoms. The minimum Gasteiger partial charge on any atom is -0.493 e. The van der Waals surface area contributed by atoms with Crippen LogP contribution in [0.25, 0.3) is 0 Å². The van der Waals surface area contributed by atoms with Gasteiger partial charge in [0.15, 0.2) is 69.0 Å². The van der Waals surface area contributed by atoms with Crippen molar-refractivity contribution in [1.29, 1.82) is 0 Å². The molecule has 20 nitrogen and oxygen atoms in total. The fourth-order valence-electron chi connectivity index (χ4n) is 9.77. The Balaban J connectivity index is 0.000000456. The van der Waals surface area contributed by atoms with E-state index in [1.54, 1.807) is 113 Å². The molecule has 0 saturated heterocycles. The van der Waals surface area contributed by atoms with E-state index in [0.29, 0.717) is 93.0 Å². The number of hydrogen-bond acceptors (Lipinski definition) is 18. The molecule has 0 bridgehead atoms. The molecule has 0 aliphatic rings. The quantitative estimate of drug-likeness (QED) is 0.0287. The molecule has 0 amide bonds. The molecule has 23 heteroatoms. The second-order valence-corrected chi connectivity index (χ2v) is 20.4. The Morgan fingerprint density at radius 3 is 0.626 bits per heavy atom. The molecule has 6 rings (SSSR count). The number of carboxylic acid groups (broad SMARTS) is 2. The van der Waals surface area contributed by atoms with Crippen LogP contribution < -0.4 is 56.8 Å². The highest BCUT2D eigenvalue weighted by Gasteiger charge is 2.35. The Kier molecular flexibility index (Phi) is 35.5. The van der Waals surface area contributed by atoms with Gasteiger partial charge in [-0.25, -0.2) is 0 Å². The van der Waals surface area contributed by atoms with Crippen LogP contribution in [0.1, 0.15) is 47.2 Å². The maximum atomic E-state index is 12.2. The monoisotopic (exact) mass is 1370 g/mol. The summed E-state index contributed by atoms with van der Waals surface area (Å²) in [6, 6.07) is 31.6. The van der Waals surface area contributed by atoms with Crippen molar-refractivity contribution in [1.82, 2.24) is 0 Å². The number of aldehydes is 2. The highest BCUT2D eigenvalue weighted by molar-refractivity contribution is 8.93. The van der Waals surface area contributed by atoms with Gasteiger partial charge in [0.1, 0.15) is 12.6 Å². The van der Waals surface area contributed by atoms with Crippen LogP contribution in [0.4, 0.5) is 0 Å². The van der Waals surface area contributed by atoms with Crippen molar-refractivity contribution in [2.24, 2.45) is 35.5 Å². The smallest absolute Gasteiger partial charge is 0.307 e. The lowest BCUT2D eigenvalue weighted by Crippen LogP contribution is -2.33. The SMILES string of the molecule is Br.CC.COc1ccc(C[C@@H](C=O)[C@@H](C=O)Cc2ccc(OC)c(OC)c2)cc1OC.COc1ccc(C[C@H](C(=O)Cl)[C@@H](Cc2ccc(OC)c(OC)c2)C(=O)Cl)cc1OC.COc1ccc(C[C@H](C(=O)O)[C@@H](Cc2ccc(OC)c(OC)c2)C(=O)O)cc1OC. The van der Waals surface area contributed by atoms with Crippen molar-refractivity contribution in [3.63, 3.8) is 0 Å². The van der Waals surface area contributed by atoms with Crippen molar-refractivity contribution in [3.8, 4) is 69.0 Å². The van der Waals surface area contributed by atoms with Crippen LogP contribution >= 0.6 is 40.2 Å². The summed E-state index contributed by atoms with van der Waals surface area (Å²) in [5.74, 6) is -0.713. The molecule has 0 unspecified atom stereocenters. The minimum absolute atomic E-state index is 0. The number of halogens is 3. The first-order valence-electron chi connectivity index (χ1n) is 28.3. The number of rotatable bonds is 33. The molecule has 0 aliphatic heterocycles. The van der Waals surface area contributed by atoms with Gasteiger partial charge in [-0.3, -0.25) is 19.2 Å². The van der Waals surface area contributed by atoms with Gasteiger partial charge < -0.3 is 76.6 Å². The molecule has 0 fully saturated rings. The standard InChI is InChI=1S/C22H24Cl2O6.C22H26O8.C22H26O6.C2H6.BrH/c1-27-17-7-5-13(11-19(17)29-3)9-15(21(23)25)16(22(24)26)10-14-6-8-18(28-2)20(12-14)30-4;1-27-17-7-5-13(11-19(17)29-3)9-15(21(23)24)16(22(25)26)10-14-6-8-18(28-2)20(12-14)30-4;1-25-19-7-5-15(11-21(19)27-3)9-17(13-23)18(14-24)10-16-6-8-20(26-2)22(12-16)28-4;1-2;/h5-8,11-12,15-16H,9-10H2,1-4H3;5-8,11-12,15-16H,9-10H2,1-4H3,(H,23,24)(H,25,26);5-8,11-14,17-18H,9-10H2,1-4H3;1-2H3;1H/t2*15-,16+;17-,18+;;. The summed E-state index contributed by atoms with van der Waals surface area (Å²) >= 11 is 11.8. The Morgan fingerprint density at radius 1 is 0.319 bits per heavy atom. The van der Waals surface area contributed by atoms with Gasteiger partial charge in [0, 0.05) is 23.7 Å². The molecule has 0 heterocycles. The third-order valence-electron chi connectivity index (χ3n) is 14.5. The average Bonchev–Trinajstić information content (AvgIpc) is 1.52. The van der Waals surface area contributed by atoms with Crippen molar-refractivity contribution < 1.29 is 95.8 Å². The molecular weight excluding hydrogens is 1290 g/mol. The lowest BCUT2D eigenvalue weighted by molar-refractivity contribution is -0.153. The highest BCUT2D eigenvalue weighted by Crippen LogP contribution is 2.37. The average molecular weight is 1370 g/mol. The number of methoxy groups -OCH3 is 12. The zero-order valence-electron chi connectivity index (χ0n) is 53.7. The van der Waals surface area contributed by atoms with Crippen molar-refractivity contribution in [2.45, 2.75) is 52.4 Å². The third-order valence-corrected chi connectivity index (χ3v) is 15.1. The van der Waals surface area contributed by atoms with Crippen LogP contribution in [-0.4, -0.2) is 131 Å². The van der Waals surface area contributed by atoms with E-state index in [9.17, 15) is 39.0 Å². The summed E-state index contributed by atoms with van der Waals surface area (Å²) in [6.07, 6.45) is 3.05. The lowest BCUT2D eigenvalue weighted by Gasteiger charge is -2.22. The lowest BCUT2D eigenvalue weighted by atomic mass is 9.82. The maximum Gasteiger partial charge on any atom is 0.307 e. The molecule has 91 heavy (non-hydrogen) atoms. The topological polar surface area (TPSA) is 254 Å². The first-order valence-corrected chi connectivity index (χ1v) is 29.0. The molecule has 6 aromatic carbocycles. The van der Waals surface area contributed by atoms with E-state index in [1.165, 1.54) is 56.9 Å². The van der Waals surface area contributed by atoms with Gasteiger partial charge in [-0.15, -0.1) is 17.0 Å². The van der Waals surface area contributed by atoms with Crippen LogP contribution in [0.2, 0.25) is 0 Å². The summed E-state index contributed by atoms with van der Waals surface area (Å²) < 4.78 is 63.1. The van der Waals surface area contributed by atoms with E-state index in [1.807, 2.05) is 38.1 Å². The number of carbonyl (C=O) groups is 6. The normalized spacial score (nSPS) is 12.2. The number of benzene rings is 6. The Bertz CT molecular complexity index is 2920. The number of aliphatic carboxylic acids is 2. The fourth-order valence-corrected chi connectivity index (χ4v) is 10.2. The first-order chi connectivity index (χ1) is 43.3. The molecule has 6 atom stereocenters. The molecule has 0 saturated carbocycles. The summed E-state index contributed by atoms with van der Waals surface area (Å²) in [7, 11) is 18.3. The molecular formula is C68H83BrCl2O20. The molecule has 2 N–H and O–H groups in total. The number of ether oxygens (including phenoxy) is 12.